The van der Waals surface area contributed by atoms with Crippen LogP contribution >= 0.6 is 0 Å². The summed E-state index contributed by atoms with van der Waals surface area (Å²) >= 11 is 0. The minimum absolute atomic E-state index is 0.325. The molecule has 1 atom stereocenters. The topological polar surface area (TPSA) is 70.4 Å². The maximum Gasteiger partial charge on any atom is 0.191 e. The van der Waals surface area contributed by atoms with Gasteiger partial charge in [0.1, 0.15) is 12.2 Å². The number of nitrogens with zero attached hydrogens (tertiary/aromatic N) is 5. The first kappa shape index (κ1) is 16.8. The Labute approximate surface area is 137 Å². The molecule has 0 saturated carbocycles. The molecule has 2 N–H and O–H groups in total. The third kappa shape index (κ3) is 4.70. The van der Waals surface area contributed by atoms with Crippen LogP contribution in [0.5, 0.6) is 0 Å². The largest absolute Gasteiger partial charge is 0.370 e. The Morgan fingerprint density at radius 3 is 2.65 bits per heavy atom. The zero-order valence-electron chi connectivity index (χ0n) is 14.2. The predicted octanol–water partition coefficient (Wildman–Crippen LogP) is 1.01. The lowest BCUT2D eigenvalue weighted by Gasteiger charge is -2.27. The van der Waals surface area contributed by atoms with E-state index >= 15 is 0 Å². The van der Waals surface area contributed by atoms with Crippen molar-refractivity contribution in [1.29, 1.82) is 0 Å². The van der Waals surface area contributed by atoms with Crippen LogP contribution in [-0.4, -0.2) is 47.4 Å². The third-order valence-electron chi connectivity index (χ3n) is 3.83. The molecule has 23 heavy (non-hydrogen) atoms. The van der Waals surface area contributed by atoms with Gasteiger partial charge in [0.15, 0.2) is 5.96 Å². The van der Waals surface area contributed by atoms with Crippen LogP contribution in [0.4, 0.5) is 5.69 Å². The maximum atomic E-state index is 4.24. The maximum absolute atomic E-state index is 4.24. The summed E-state index contributed by atoms with van der Waals surface area (Å²) in [5, 5.41) is 10.6. The average Bonchev–Trinajstić information content (AvgIpc) is 3.00. The first-order valence-corrected chi connectivity index (χ1v) is 7.67. The van der Waals surface area contributed by atoms with Gasteiger partial charge in [-0.2, -0.15) is 5.10 Å². The average molecular weight is 315 g/mol. The molecule has 1 aromatic carbocycles. The van der Waals surface area contributed by atoms with Gasteiger partial charge < -0.3 is 15.5 Å². The lowest BCUT2D eigenvalue weighted by atomic mass is 10.2. The fourth-order valence-corrected chi connectivity index (χ4v) is 2.16. The first-order valence-electron chi connectivity index (χ1n) is 7.67. The van der Waals surface area contributed by atoms with E-state index in [1.54, 1.807) is 18.1 Å². The van der Waals surface area contributed by atoms with Gasteiger partial charge in [0.2, 0.25) is 0 Å². The van der Waals surface area contributed by atoms with E-state index in [9.17, 15) is 0 Å². The summed E-state index contributed by atoms with van der Waals surface area (Å²) in [5.41, 5.74) is 1.20. The molecule has 0 fully saturated rings. The summed E-state index contributed by atoms with van der Waals surface area (Å²) in [6.45, 7) is 3.54. The van der Waals surface area contributed by atoms with E-state index in [-0.39, 0.29) is 0 Å². The van der Waals surface area contributed by atoms with E-state index in [4.69, 9.17) is 0 Å². The molecule has 0 aliphatic heterocycles. The summed E-state index contributed by atoms with van der Waals surface area (Å²) in [6.07, 6.45) is 1.55. The number of rotatable bonds is 6. The summed E-state index contributed by atoms with van der Waals surface area (Å²) in [7, 11) is 5.73. The number of hydrogen-bond donors (Lipinski definition) is 2. The van der Waals surface area contributed by atoms with Crippen LogP contribution in [0.25, 0.3) is 0 Å². The van der Waals surface area contributed by atoms with Crippen LogP contribution in [0.2, 0.25) is 0 Å². The van der Waals surface area contributed by atoms with E-state index in [2.05, 4.69) is 56.7 Å². The van der Waals surface area contributed by atoms with Crippen molar-refractivity contribution < 1.29 is 0 Å². The highest BCUT2D eigenvalue weighted by Crippen LogP contribution is 2.13. The number of hydrogen-bond acceptors (Lipinski definition) is 4. The van der Waals surface area contributed by atoms with Gasteiger partial charge in [-0.15, -0.1) is 0 Å². The summed E-state index contributed by atoms with van der Waals surface area (Å²) in [4.78, 5) is 10.7. The molecule has 1 unspecified atom stereocenters. The van der Waals surface area contributed by atoms with Gasteiger partial charge >= 0.3 is 0 Å². The molecule has 0 amide bonds. The molecule has 124 valence electrons. The van der Waals surface area contributed by atoms with Gasteiger partial charge in [-0.1, -0.05) is 18.2 Å². The van der Waals surface area contributed by atoms with Crippen molar-refractivity contribution in [3.63, 3.8) is 0 Å². The number of anilines is 1. The molecule has 1 aromatic heterocycles. The van der Waals surface area contributed by atoms with Crippen molar-refractivity contribution in [1.82, 2.24) is 25.4 Å². The number of aliphatic imine (C=N–C) groups is 1. The zero-order valence-corrected chi connectivity index (χ0v) is 14.2. The number of aryl methyl sites for hydroxylation is 1. The Hall–Kier alpha value is -2.57. The molecule has 1 heterocycles. The van der Waals surface area contributed by atoms with Crippen molar-refractivity contribution in [2.45, 2.75) is 19.5 Å². The molecule has 7 heteroatoms. The lowest BCUT2D eigenvalue weighted by Crippen LogP contribution is -2.45. The highest BCUT2D eigenvalue weighted by molar-refractivity contribution is 5.79. The van der Waals surface area contributed by atoms with Crippen molar-refractivity contribution in [3.8, 4) is 0 Å². The summed E-state index contributed by atoms with van der Waals surface area (Å²) in [6, 6.07) is 10.7. The van der Waals surface area contributed by atoms with Gasteiger partial charge in [0.05, 0.1) is 6.54 Å². The summed E-state index contributed by atoms with van der Waals surface area (Å²) in [5.74, 6) is 1.61. The Morgan fingerprint density at radius 2 is 2.04 bits per heavy atom. The second kappa shape index (κ2) is 8.17. The minimum Gasteiger partial charge on any atom is -0.370 e. The Bertz CT molecular complexity index is 620. The highest BCUT2D eigenvalue weighted by atomic mass is 15.3. The fraction of sp³-hybridized carbons (Fsp3) is 0.438. The van der Waals surface area contributed by atoms with Gasteiger partial charge in [-0.05, 0) is 19.1 Å². The van der Waals surface area contributed by atoms with E-state index in [0.717, 1.165) is 18.3 Å². The highest BCUT2D eigenvalue weighted by Gasteiger charge is 2.10. The zero-order chi connectivity index (χ0) is 16.7. The molecular weight excluding hydrogens is 290 g/mol. The number of para-hydroxylation sites is 1. The molecule has 0 radical (unpaired) electrons. The predicted molar refractivity (Wildman–Crippen MR) is 93.5 cm³/mol. The van der Waals surface area contributed by atoms with Gasteiger partial charge in [-0.25, -0.2) is 4.98 Å². The fourth-order valence-electron chi connectivity index (χ4n) is 2.16. The van der Waals surface area contributed by atoms with E-state index in [0.29, 0.717) is 12.6 Å². The molecule has 0 saturated heterocycles. The van der Waals surface area contributed by atoms with Crippen LogP contribution in [0, 0.1) is 0 Å². The van der Waals surface area contributed by atoms with Crippen LogP contribution in [0.3, 0.4) is 0 Å². The molecule has 0 bridgehead atoms. The van der Waals surface area contributed by atoms with E-state index < -0.39 is 0 Å². The number of nitrogens with one attached hydrogen (secondary N) is 2. The van der Waals surface area contributed by atoms with Gasteiger partial charge in [0.25, 0.3) is 0 Å². The van der Waals surface area contributed by atoms with Crippen LogP contribution in [-0.2, 0) is 13.6 Å². The standard InChI is InChI=1S/C16H25N7/c1-13(22(3)14-8-6-5-7-9-14)10-18-16(17-2)19-11-15-20-12-21-23(15)4/h5-9,12-13H,10-11H2,1-4H3,(H2,17,18,19). The Morgan fingerprint density at radius 1 is 1.30 bits per heavy atom. The lowest BCUT2D eigenvalue weighted by molar-refractivity contribution is 0.637. The number of benzene rings is 1. The third-order valence-corrected chi connectivity index (χ3v) is 3.83. The molecule has 2 aromatic rings. The van der Waals surface area contributed by atoms with Crippen LogP contribution in [0.15, 0.2) is 41.7 Å². The smallest absolute Gasteiger partial charge is 0.191 e. The molecule has 0 spiro atoms. The molecule has 2 rings (SSSR count). The first-order chi connectivity index (χ1) is 11.1. The second-order valence-corrected chi connectivity index (χ2v) is 5.40. The number of guanidine groups is 1. The second-order valence-electron chi connectivity index (χ2n) is 5.40. The quantitative estimate of drug-likeness (QED) is 0.615. The van der Waals surface area contributed by atoms with E-state index in [1.165, 1.54) is 5.69 Å². The Kier molecular flexibility index (Phi) is 5.96. The van der Waals surface area contributed by atoms with Crippen molar-refractivity contribution >= 4 is 11.6 Å². The van der Waals surface area contributed by atoms with Crippen molar-refractivity contribution in [2.75, 3.05) is 25.5 Å². The van der Waals surface area contributed by atoms with Gasteiger partial charge in [0, 0.05) is 39.4 Å². The summed E-state index contributed by atoms with van der Waals surface area (Å²) < 4.78 is 1.74. The molecule has 7 nitrogen and oxygen atoms in total. The molecule has 0 aliphatic rings. The van der Waals surface area contributed by atoms with Gasteiger partial charge in [-0.3, -0.25) is 9.67 Å². The van der Waals surface area contributed by atoms with Crippen LogP contribution < -0.4 is 15.5 Å². The SMILES string of the molecule is CN=C(NCc1ncnn1C)NCC(C)N(C)c1ccccc1. The monoisotopic (exact) mass is 315 g/mol. The van der Waals surface area contributed by atoms with Crippen LogP contribution in [0.1, 0.15) is 12.7 Å². The number of aromatic nitrogens is 3. The molecular formula is C16H25N7. The van der Waals surface area contributed by atoms with Crippen molar-refractivity contribution in [3.05, 3.63) is 42.5 Å². The Balaban J connectivity index is 1.82. The molecule has 0 aliphatic carbocycles. The number of likely N-dealkylation sites (N-methyl/N-ethyl adjacent to an activating group) is 1. The van der Waals surface area contributed by atoms with Crippen molar-refractivity contribution in [2.24, 2.45) is 12.0 Å². The van der Waals surface area contributed by atoms with E-state index in [1.807, 2.05) is 25.2 Å². The minimum atomic E-state index is 0.325. The normalized spacial score (nSPS) is 12.8.